The van der Waals surface area contributed by atoms with Crippen molar-refractivity contribution in [3.63, 3.8) is 0 Å². The van der Waals surface area contributed by atoms with Gasteiger partial charge in [0.2, 0.25) is 5.88 Å². The SMILES string of the molecule is CC(C)Oc1cc(Cl)c2cc(N)ccc2n1. The van der Waals surface area contributed by atoms with Crippen molar-refractivity contribution in [3.05, 3.63) is 29.3 Å². The molecule has 0 aliphatic heterocycles. The molecule has 0 amide bonds. The number of nitrogen functional groups attached to an aromatic ring is 1. The smallest absolute Gasteiger partial charge is 0.215 e. The van der Waals surface area contributed by atoms with Crippen LogP contribution in [0.3, 0.4) is 0 Å². The van der Waals surface area contributed by atoms with E-state index in [0.717, 1.165) is 10.9 Å². The van der Waals surface area contributed by atoms with Crippen LogP contribution in [0.15, 0.2) is 24.3 Å². The summed E-state index contributed by atoms with van der Waals surface area (Å²) in [6.07, 6.45) is 0.0785. The molecule has 2 N–H and O–H groups in total. The molecule has 0 spiro atoms. The summed E-state index contributed by atoms with van der Waals surface area (Å²) in [5, 5.41) is 1.45. The second-order valence-corrected chi connectivity index (χ2v) is 4.29. The Bertz CT molecular complexity index is 526. The van der Waals surface area contributed by atoms with E-state index in [0.29, 0.717) is 16.6 Å². The van der Waals surface area contributed by atoms with Crippen LogP contribution in [0.1, 0.15) is 13.8 Å². The van der Waals surface area contributed by atoms with Gasteiger partial charge in [-0.1, -0.05) is 11.6 Å². The molecule has 0 aliphatic carbocycles. The molecule has 1 heterocycles. The maximum atomic E-state index is 6.14. The minimum absolute atomic E-state index is 0.0785. The lowest BCUT2D eigenvalue weighted by Crippen LogP contribution is -2.06. The van der Waals surface area contributed by atoms with E-state index < -0.39 is 0 Å². The molecule has 0 bridgehead atoms. The predicted molar refractivity (Wildman–Crippen MR) is 66.9 cm³/mol. The Hall–Kier alpha value is -1.48. The monoisotopic (exact) mass is 236 g/mol. The standard InChI is InChI=1S/C12H13ClN2O/c1-7(2)16-12-6-10(13)9-5-8(14)3-4-11(9)15-12/h3-7H,14H2,1-2H3. The maximum Gasteiger partial charge on any atom is 0.215 e. The molecule has 0 radical (unpaired) electrons. The number of hydrogen-bond acceptors (Lipinski definition) is 3. The number of rotatable bonds is 2. The van der Waals surface area contributed by atoms with E-state index in [9.17, 15) is 0 Å². The van der Waals surface area contributed by atoms with E-state index in [2.05, 4.69) is 4.98 Å². The summed E-state index contributed by atoms with van der Waals surface area (Å²) in [6, 6.07) is 7.15. The molecule has 2 aromatic rings. The number of ether oxygens (including phenoxy) is 1. The van der Waals surface area contributed by atoms with Gasteiger partial charge in [0.05, 0.1) is 16.6 Å². The second-order valence-electron chi connectivity index (χ2n) is 3.89. The number of hydrogen-bond donors (Lipinski definition) is 1. The number of anilines is 1. The van der Waals surface area contributed by atoms with Crippen molar-refractivity contribution in [2.45, 2.75) is 20.0 Å². The molecule has 0 aliphatic rings. The Morgan fingerprint density at radius 1 is 1.31 bits per heavy atom. The summed E-state index contributed by atoms with van der Waals surface area (Å²) in [5.41, 5.74) is 7.16. The molecule has 0 saturated heterocycles. The van der Waals surface area contributed by atoms with Gasteiger partial charge in [-0.3, -0.25) is 0 Å². The molecule has 0 fully saturated rings. The Morgan fingerprint density at radius 2 is 2.06 bits per heavy atom. The number of nitrogens with two attached hydrogens (primary N) is 1. The van der Waals surface area contributed by atoms with E-state index in [1.54, 1.807) is 12.1 Å². The first-order valence-corrected chi connectivity index (χ1v) is 5.46. The van der Waals surface area contributed by atoms with Gasteiger partial charge in [0, 0.05) is 17.1 Å². The molecule has 16 heavy (non-hydrogen) atoms. The summed E-state index contributed by atoms with van der Waals surface area (Å²) in [6.45, 7) is 3.89. The van der Waals surface area contributed by atoms with Crippen molar-refractivity contribution in [2.24, 2.45) is 0 Å². The number of halogens is 1. The van der Waals surface area contributed by atoms with Crippen LogP contribution in [0.5, 0.6) is 5.88 Å². The molecule has 84 valence electrons. The Morgan fingerprint density at radius 3 is 2.75 bits per heavy atom. The molecule has 4 heteroatoms. The van der Waals surface area contributed by atoms with Gasteiger partial charge in [0.15, 0.2) is 0 Å². The van der Waals surface area contributed by atoms with Gasteiger partial charge in [0.1, 0.15) is 0 Å². The van der Waals surface area contributed by atoms with Crippen LogP contribution in [0.4, 0.5) is 5.69 Å². The van der Waals surface area contributed by atoms with Crippen LogP contribution in [0.25, 0.3) is 10.9 Å². The number of fused-ring (bicyclic) bond motifs is 1. The fraction of sp³-hybridized carbons (Fsp3) is 0.250. The molecule has 0 unspecified atom stereocenters. The third-order valence-electron chi connectivity index (χ3n) is 2.12. The van der Waals surface area contributed by atoms with E-state index in [1.807, 2.05) is 26.0 Å². The maximum absolute atomic E-state index is 6.14. The molecule has 1 aromatic heterocycles. The highest BCUT2D eigenvalue weighted by Gasteiger charge is 2.06. The van der Waals surface area contributed by atoms with Crippen LogP contribution < -0.4 is 10.5 Å². The first-order chi connectivity index (χ1) is 7.56. The zero-order valence-corrected chi connectivity index (χ0v) is 9.95. The lowest BCUT2D eigenvalue weighted by atomic mass is 10.2. The molecule has 2 rings (SSSR count). The topological polar surface area (TPSA) is 48.1 Å². The van der Waals surface area contributed by atoms with E-state index in [4.69, 9.17) is 22.1 Å². The first-order valence-electron chi connectivity index (χ1n) is 5.08. The zero-order valence-electron chi connectivity index (χ0n) is 9.20. The molecule has 0 atom stereocenters. The van der Waals surface area contributed by atoms with Crippen molar-refractivity contribution >= 4 is 28.2 Å². The minimum atomic E-state index is 0.0785. The van der Waals surface area contributed by atoms with Crippen molar-refractivity contribution in [3.8, 4) is 5.88 Å². The number of benzene rings is 1. The molecule has 0 saturated carbocycles. The molecular formula is C12H13ClN2O. The number of pyridine rings is 1. The van der Waals surface area contributed by atoms with Crippen LogP contribution in [-0.4, -0.2) is 11.1 Å². The summed E-state index contributed by atoms with van der Waals surface area (Å²) >= 11 is 6.14. The lowest BCUT2D eigenvalue weighted by Gasteiger charge is -2.10. The third-order valence-corrected chi connectivity index (χ3v) is 2.43. The second kappa shape index (κ2) is 4.18. The molecule has 3 nitrogen and oxygen atoms in total. The van der Waals surface area contributed by atoms with E-state index in [1.165, 1.54) is 0 Å². The zero-order chi connectivity index (χ0) is 11.7. The molecular weight excluding hydrogens is 224 g/mol. The van der Waals surface area contributed by atoms with Crippen molar-refractivity contribution in [1.82, 2.24) is 4.98 Å². The van der Waals surface area contributed by atoms with Gasteiger partial charge < -0.3 is 10.5 Å². The van der Waals surface area contributed by atoms with Gasteiger partial charge >= 0.3 is 0 Å². The van der Waals surface area contributed by atoms with Gasteiger partial charge in [-0.2, -0.15) is 0 Å². The van der Waals surface area contributed by atoms with Crippen molar-refractivity contribution in [2.75, 3.05) is 5.73 Å². The quantitative estimate of drug-likeness (QED) is 0.815. The largest absolute Gasteiger partial charge is 0.475 e. The average Bonchev–Trinajstić information content (AvgIpc) is 2.18. The average molecular weight is 237 g/mol. The fourth-order valence-electron chi connectivity index (χ4n) is 1.48. The summed E-state index contributed by atoms with van der Waals surface area (Å²) < 4.78 is 5.51. The van der Waals surface area contributed by atoms with Crippen LogP contribution >= 0.6 is 11.6 Å². The predicted octanol–water partition coefficient (Wildman–Crippen LogP) is 3.26. The summed E-state index contributed by atoms with van der Waals surface area (Å²) in [7, 11) is 0. The number of aromatic nitrogens is 1. The van der Waals surface area contributed by atoms with E-state index in [-0.39, 0.29) is 6.10 Å². The molecule has 1 aromatic carbocycles. The fourth-order valence-corrected chi connectivity index (χ4v) is 1.73. The highest BCUT2D eigenvalue weighted by Crippen LogP contribution is 2.28. The highest BCUT2D eigenvalue weighted by molar-refractivity contribution is 6.35. The van der Waals surface area contributed by atoms with Gasteiger partial charge in [0.25, 0.3) is 0 Å². The minimum Gasteiger partial charge on any atom is -0.475 e. The Kier molecular flexibility index (Phi) is 2.88. The van der Waals surface area contributed by atoms with Crippen LogP contribution in [0.2, 0.25) is 5.02 Å². The van der Waals surface area contributed by atoms with Gasteiger partial charge in [-0.25, -0.2) is 4.98 Å². The highest BCUT2D eigenvalue weighted by atomic mass is 35.5. The van der Waals surface area contributed by atoms with Crippen LogP contribution in [0, 0.1) is 0 Å². The Balaban J connectivity index is 2.55. The van der Waals surface area contributed by atoms with Crippen molar-refractivity contribution < 1.29 is 4.74 Å². The van der Waals surface area contributed by atoms with Crippen molar-refractivity contribution in [1.29, 1.82) is 0 Å². The normalized spacial score (nSPS) is 11.0. The summed E-state index contributed by atoms with van der Waals surface area (Å²) in [5.74, 6) is 0.539. The third kappa shape index (κ3) is 2.19. The lowest BCUT2D eigenvalue weighted by molar-refractivity contribution is 0.233. The Labute approximate surface area is 99.2 Å². The first kappa shape index (κ1) is 11.0. The number of nitrogens with zero attached hydrogens (tertiary/aromatic N) is 1. The van der Waals surface area contributed by atoms with Gasteiger partial charge in [-0.15, -0.1) is 0 Å². The van der Waals surface area contributed by atoms with Gasteiger partial charge in [-0.05, 0) is 32.0 Å². The van der Waals surface area contributed by atoms with Crippen LogP contribution in [-0.2, 0) is 0 Å². The summed E-state index contributed by atoms with van der Waals surface area (Å²) in [4.78, 5) is 4.36. The van der Waals surface area contributed by atoms with E-state index >= 15 is 0 Å².